The van der Waals surface area contributed by atoms with Gasteiger partial charge in [-0.1, -0.05) is 0 Å². The molecular formula is C11H16N2O3S2. The number of hydrogen-bond acceptors (Lipinski definition) is 5. The Balaban J connectivity index is 2.21. The highest BCUT2D eigenvalue weighted by molar-refractivity contribution is 7.92. The van der Waals surface area contributed by atoms with Crippen LogP contribution in [0.4, 0.5) is 0 Å². The quantitative estimate of drug-likeness (QED) is 0.915. The average molecular weight is 288 g/mol. The first-order chi connectivity index (χ1) is 8.22. The second-order valence-electron chi connectivity index (χ2n) is 4.92. The van der Waals surface area contributed by atoms with Gasteiger partial charge in [-0.3, -0.25) is 4.40 Å². The van der Waals surface area contributed by atoms with Gasteiger partial charge in [0, 0.05) is 30.5 Å². The lowest BCUT2D eigenvalue weighted by atomic mass is 10.0. The van der Waals surface area contributed by atoms with Crippen molar-refractivity contribution in [3.05, 3.63) is 23.5 Å². The van der Waals surface area contributed by atoms with Crippen molar-refractivity contribution < 1.29 is 13.5 Å². The van der Waals surface area contributed by atoms with Gasteiger partial charge in [0.25, 0.3) is 0 Å². The molecule has 0 fully saturated rings. The van der Waals surface area contributed by atoms with Crippen molar-refractivity contribution in [3.8, 4) is 0 Å². The molecule has 2 heterocycles. The summed E-state index contributed by atoms with van der Waals surface area (Å²) >= 11 is 1.50. The predicted molar refractivity (Wildman–Crippen MR) is 71.7 cm³/mol. The number of fused-ring (bicyclic) bond motifs is 1. The Labute approximate surface area is 110 Å². The van der Waals surface area contributed by atoms with Gasteiger partial charge in [-0.2, -0.15) is 0 Å². The Hall–Kier alpha value is -0.920. The predicted octanol–water partition coefficient (Wildman–Crippen LogP) is 1.12. The first-order valence-electron chi connectivity index (χ1n) is 5.50. The minimum Gasteiger partial charge on any atom is -0.391 e. The summed E-state index contributed by atoms with van der Waals surface area (Å²) in [4.78, 5) is 5.18. The van der Waals surface area contributed by atoms with Gasteiger partial charge < -0.3 is 5.11 Å². The molecule has 0 aliphatic rings. The largest absolute Gasteiger partial charge is 0.391 e. The molecule has 0 saturated carbocycles. The maximum atomic E-state index is 11.6. The van der Waals surface area contributed by atoms with Crippen LogP contribution in [0.2, 0.25) is 0 Å². The molecule has 2 rings (SSSR count). The standard InChI is InChI=1S/C11H16N2O3S2/c1-11(2,18(3,15)16)9(14)6-8-7-13-4-5-17-10(13)12-8/h4-5,7,9,14H,6H2,1-3H3. The van der Waals surface area contributed by atoms with Crippen molar-refractivity contribution in [2.75, 3.05) is 6.26 Å². The Morgan fingerprint density at radius 2 is 2.22 bits per heavy atom. The lowest BCUT2D eigenvalue weighted by molar-refractivity contribution is 0.137. The van der Waals surface area contributed by atoms with Crippen LogP contribution in [0.5, 0.6) is 0 Å². The lowest BCUT2D eigenvalue weighted by Gasteiger charge is -2.28. The fraction of sp³-hybridized carbons (Fsp3) is 0.545. The van der Waals surface area contributed by atoms with E-state index in [1.165, 1.54) is 25.2 Å². The maximum Gasteiger partial charge on any atom is 0.193 e. The molecule has 0 aliphatic carbocycles. The van der Waals surface area contributed by atoms with Crippen LogP contribution < -0.4 is 0 Å². The summed E-state index contributed by atoms with van der Waals surface area (Å²) in [5.41, 5.74) is 0.700. The summed E-state index contributed by atoms with van der Waals surface area (Å²) in [7, 11) is -3.32. The number of imidazole rings is 1. The fourth-order valence-corrected chi connectivity index (χ4v) is 2.86. The third-order valence-electron chi connectivity index (χ3n) is 3.30. The van der Waals surface area contributed by atoms with Crippen LogP contribution in [0.1, 0.15) is 19.5 Å². The van der Waals surface area contributed by atoms with Crippen LogP contribution >= 0.6 is 11.3 Å². The minimum atomic E-state index is -3.32. The third kappa shape index (κ3) is 2.30. The first kappa shape index (κ1) is 13.5. The minimum absolute atomic E-state index is 0.231. The van der Waals surface area contributed by atoms with Gasteiger partial charge in [-0.25, -0.2) is 13.4 Å². The van der Waals surface area contributed by atoms with Crippen molar-refractivity contribution >= 4 is 26.1 Å². The zero-order valence-electron chi connectivity index (χ0n) is 10.5. The van der Waals surface area contributed by atoms with Crippen molar-refractivity contribution in [1.29, 1.82) is 0 Å². The summed E-state index contributed by atoms with van der Waals surface area (Å²) in [5, 5.41) is 12.0. The lowest BCUT2D eigenvalue weighted by Crippen LogP contribution is -2.44. The monoisotopic (exact) mass is 288 g/mol. The second kappa shape index (κ2) is 4.32. The topological polar surface area (TPSA) is 71.7 Å². The van der Waals surface area contributed by atoms with Crippen molar-refractivity contribution in [2.24, 2.45) is 0 Å². The SMILES string of the molecule is CC(C)(C(O)Cc1cn2ccsc2n1)S(C)(=O)=O. The van der Waals surface area contributed by atoms with Gasteiger partial charge in [0.15, 0.2) is 14.8 Å². The molecule has 2 aromatic rings. The molecule has 18 heavy (non-hydrogen) atoms. The van der Waals surface area contributed by atoms with Crippen molar-refractivity contribution in [2.45, 2.75) is 31.1 Å². The van der Waals surface area contributed by atoms with E-state index in [1.54, 1.807) is 0 Å². The number of rotatable bonds is 4. The Kier molecular flexibility index (Phi) is 3.25. The number of sulfone groups is 1. The number of aliphatic hydroxyl groups is 1. The molecule has 7 heteroatoms. The van der Waals surface area contributed by atoms with Crippen molar-refractivity contribution in [1.82, 2.24) is 9.38 Å². The Morgan fingerprint density at radius 1 is 1.56 bits per heavy atom. The molecule has 1 unspecified atom stereocenters. The van der Waals surface area contributed by atoms with Gasteiger partial charge in [0.1, 0.15) is 0 Å². The van der Waals surface area contributed by atoms with Gasteiger partial charge in [0.2, 0.25) is 0 Å². The number of hydrogen-bond donors (Lipinski definition) is 1. The van der Waals surface area contributed by atoms with Gasteiger partial charge in [0.05, 0.1) is 16.5 Å². The average Bonchev–Trinajstić information content (AvgIpc) is 2.75. The number of aliphatic hydroxyl groups excluding tert-OH is 1. The van der Waals surface area contributed by atoms with Crippen LogP contribution in [0, 0.1) is 0 Å². The molecule has 1 N–H and O–H groups in total. The number of nitrogens with zero attached hydrogens (tertiary/aromatic N) is 2. The van der Waals surface area contributed by atoms with E-state index in [-0.39, 0.29) is 6.42 Å². The highest BCUT2D eigenvalue weighted by Gasteiger charge is 2.38. The maximum absolute atomic E-state index is 11.6. The van der Waals surface area contributed by atoms with E-state index in [0.29, 0.717) is 5.69 Å². The first-order valence-corrected chi connectivity index (χ1v) is 8.27. The van der Waals surface area contributed by atoms with E-state index in [2.05, 4.69) is 4.98 Å². The normalized spacial score (nSPS) is 15.1. The van der Waals surface area contributed by atoms with Crippen LogP contribution in [0.25, 0.3) is 4.96 Å². The van der Waals surface area contributed by atoms with E-state index >= 15 is 0 Å². The molecule has 100 valence electrons. The Bertz CT molecular complexity index is 626. The molecule has 2 aromatic heterocycles. The zero-order chi connectivity index (χ0) is 13.6. The summed E-state index contributed by atoms with van der Waals surface area (Å²) in [5.74, 6) is 0. The van der Waals surface area contributed by atoms with E-state index in [9.17, 15) is 13.5 Å². The molecule has 1 atom stereocenters. The molecule has 0 radical (unpaired) electrons. The van der Waals surface area contributed by atoms with E-state index in [1.807, 2.05) is 22.2 Å². The molecule has 0 aliphatic heterocycles. The molecule has 0 bridgehead atoms. The molecule has 0 amide bonds. The molecule has 0 saturated heterocycles. The Morgan fingerprint density at radius 3 is 2.78 bits per heavy atom. The van der Waals surface area contributed by atoms with Crippen LogP contribution in [0.3, 0.4) is 0 Å². The smallest absolute Gasteiger partial charge is 0.193 e. The van der Waals surface area contributed by atoms with Crippen LogP contribution in [-0.2, 0) is 16.3 Å². The molecule has 0 aromatic carbocycles. The summed E-state index contributed by atoms with van der Waals surface area (Å²) in [6.07, 6.45) is 4.09. The zero-order valence-corrected chi connectivity index (χ0v) is 12.1. The van der Waals surface area contributed by atoms with Crippen molar-refractivity contribution in [3.63, 3.8) is 0 Å². The molecule has 0 spiro atoms. The number of thiazole rings is 1. The van der Waals surface area contributed by atoms with Gasteiger partial charge in [-0.05, 0) is 13.8 Å². The second-order valence-corrected chi connectivity index (χ2v) is 8.39. The number of aromatic nitrogens is 2. The highest BCUT2D eigenvalue weighted by Crippen LogP contribution is 2.23. The summed E-state index contributed by atoms with van der Waals surface area (Å²) in [6, 6.07) is 0. The summed E-state index contributed by atoms with van der Waals surface area (Å²) in [6.45, 7) is 3.07. The van der Waals surface area contributed by atoms with Crippen LogP contribution in [-0.4, -0.2) is 40.0 Å². The van der Waals surface area contributed by atoms with E-state index < -0.39 is 20.7 Å². The highest BCUT2D eigenvalue weighted by atomic mass is 32.2. The van der Waals surface area contributed by atoms with E-state index in [0.717, 1.165) is 11.2 Å². The third-order valence-corrected chi connectivity index (χ3v) is 6.26. The van der Waals surface area contributed by atoms with Gasteiger partial charge in [-0.15, -0.1) is 11.3 Å². The fourth-order valence-electron chi connectivity index (χ4n) is 1.57. The molecule has 5 nitrogen and oxygen atoms in total. The van der Waals surface area contributed by atoms with E-state index in [4.69, 9.17) is 0 Å². The molecular weight excluding hydrogens is 272 g/mol. The van der Waals surface area contributed by atoms with Gasteiger partial charge >= 0.3 is 0 Å². The van der Waals surface area contributed by atoms with Crippen LogP contribution in [0.15, 0.2) is 17.8 Å². The summed E-state index contributed by atoms with van der Waals surface area (Å²) < 4.78 is 23.9.